The third-order valence-corrected chi connectivity index (χ3v) is 3.83. The smallest absolute Gasteiger partial charge is 0.166 e. The van der Waals surface area contributed by atoms with Gasteiger partial charge in [0.05, 0.1) is 5.39 Å². The van der Waals surface area contributed by atoms with E-state index in [0.29, 0.717) is 33.9 Å². The molecule has 0 spiro atoms. The normalized spacial score (nSPS) is 11.0. The summed E-state index contributed by atoms with van der Waals surface area (Å²) in [5.74, 6) is 0.517. The van der Waals surface area contributed by atoms with Gasteiger partial charge in [0, 0.05) is 12.6 Å². The molecule has 2 N–H and O–H groups in total. The zero-order valence-corrected chi connectivity index (χ0v) is 13.3. The largest absolute Gasteiger partial charge is 0.454 e. The Bertz CT molecular complexity index is 1060. The Hall–Kier alpha value is -3.48. The first-order valence-corrected chi connectivity index (χ1v) is 7.59. The van der Waals surface area contributed by atoms with Crippen LogP contribution in [0, 0.1) is 5.82 Å². The SMILES string of the molecule is Cn1nc(-c2ccc(Oc3ccccc3)c(F)c2)c2c(N)ncnc21. The molecule has 0 aliphatic heterocycles. The summed E-state index contributed by atoms with van der Waals surface area (Å²) in [7, 11) is 1.75. The summed E-state index contributed by atoms with van der Waals surface area (Å²) in [6.45, 7) is 0. The Morgan fingerprint density at radius 1 is 1.08 bits per heavy atom. The fourth-order valence-electron chi connectivity index (χ4n) is 2.66. The standard InChI is InChI=1S/C18H14FN5O/c1-24-18-15(17(20)21-10-22-18)16(23-24)11-7-8-14(13(19)9-11)25-12-5-3-2-4-6-12/h2-10H,1H3,(H2,20,21,22). The van der Waals surface area contributed by atoms with E-state index in [1.54, 1.807) is 36.0 Å². The van der Waals surface area contributed by atoms with Crippen molar-refractivity contribution in [1.82, 2.24) is 19.7 Å². The highest BCUT2D eigenvalue weighted by Gasteiger charge is 2.17. The molecule has 124 valence electrons. The van der Waals surface area contributed by atoms with Gasteiger partial charge in [0.1, 0.15) is 23.6 Å². The van der Waals surface area contributed by atoms with Crippen LogP contribution in [0.5, 0.6) is 11.5 Å². The number of para-hydroxylation sites is 1. The van der Waals surface area contributed by atoms with Crippen molar-refractivity contribution in [3.63, 3.8) is 0 Å². The van der Waals surface area contributed by atoms with Crippen molar-refractivity contribution in [2.24, 2.45) is 7.05 Å². The van der Waals surface area contributed by atoms with Gasteiger partial charge in [-0.25, -0.2) is 19.0 Å². The third-order valence-electron chi connectivity index (χ3n) is 3.83. The van der Waals surface area contributed by atoms with E-state index in [9.17, 15) is 4.39 Å². The second-order valence-electron chi connectivity index (χ2n) is 5.49. The number of anilines is 1. The second-order valence-corrected chi connectivity index (χ2v) is 5.49. The molecule has 2 aromatic carbocycles. The number of rotatable bonds is 3. The van der Waals surface area contributed by atoms with Crippen molar-refractivity contribution in [2.45, 2.75) is 0 Å². The monoisotopic (exact) mass is 335 g/mol. The summed E-state index contributed by atoms with van der Waals surface area (Å²) in [6, 6.07) is 13.7. The lowest BCUT2D eigenvalue weighted by Crippen LogP contribution is -1.95. The van der Waals surface area contributed by atoms with Gasteiger partial charge in [-0.2, -0.15) is 5.10 Å². The molecule has 0 bridgehead atoms. The number of nitrogen functional groups attached to an aromatic ring is 1. The Morgan fingerprint density at radius 3 is 2.64 bits per heavy atom. The van der Waals surface area contributed by atoms with Gasteiger partial charge < -0.3 is 10.5 Å². The quantitative estimate of drug-likeness (QED) is 0.619. The van der Waals surface area contributed by atoms with Crippen LogP contribution in [0.25, 0.3) is 22.3 Å². The van der Waals surface area contributed by atoms with E-state index in [0.717, 1.165) is 0 Å². The molecular weight excluding hydrogens is 321 g/mol. The number of nitrogens with zero attached hydrogens (tertiary/aromatic N) is 4. The van der Waals surface area contributed by atoms with Crippen LogP contribution < -0.4 is 10.5 Å². The molecule has 4 aromatic rings. The van der Waals surface area contributed by atoms with Crippen molar-refractivity contribution >= 4 is 16.9 Å². The predicted octanol–water partition coefficient (Wildman–Crippen LogP) is 3.54. The van der Waals surface area contributed by atoms with Gasteiger partial charge in [-0.15, -0.1) is 0 Å². The Balaban J connectivity index is 1.77. The molecular formula is C18H14FN5O. The number of ether oxygens (including phenoxy) is 1. The van der Waals surface area contributed by atoms with E-state index < -0.39 is 5.82 Å². The van der Waals surface area contributed by atoms with Crippen LogP contribution in [0.15, 0.2) is 54.9 Å². The van der Waals surface area contributed by atoms with Gasteiger partial charge in [0.2, 0.25) is 0 Å². The van der Waals surface area contributed by atoms with Crippen molar-refractivity contribution < 1.29 is 9.13 Å². The Kier molecular flexibility index (Phi) is 3.53. The highest BCUT2D eigenvalue weighted by atomic mass is 19.1. The highest BCUT2D eigenvalue weighted by molar-refractivity contribution is 5.98. The zero-order valence-electron chi connectivity index (χ0n) is 13.3. The summed E-state index contributed by atoms with van der Waals surface area (Å²) in [5, 5.41) is 5.00. The van der Waals surface area contributed by atoms with Gasteiger partial charge >= 0.3 is 0 Å². The molecule has 0 unspecified atom stereocenters. The van der Waals surface area contributed by atoms with Crippen LogP contribution in [0.1, 0.15) is 0 Å². The van der Waals surface area contributed by atoms with E-state index in [-0.39, 0.29) is 5.75 Å². The molecule has 0 radical (unpaired) electrons. The molecule has 0 aliphatic rings. The maximum absolute atomic E-state index is 14.5. The highest BCUT2D eigenvalue weighted by Crippen LogP contribution is 2.33. The predicted molar refractivity (Wildman–Crippen MR) is 92.6 cm³/mol. The average molecular weight is 335 g/mol. The number of benzene rings is 2. The maximum Gasteiger partial charge on any atom is 0.166 e. The van der Waals surface area contributed by atoms with Crippen LogP contribution >= 0.6 is 0 Å². The van der Waals surface area contributed by atoms with E-state index in [1.807, 2.05) is 18.2 Å². The molecule has 0 saturated carbocycles. The summed E-state index contributed by atoms with van der Waals surface area (Å²) in [6.07, 6.45) is 1.38. The summed E-state index contributed by atoms with van der Waals surface area (Å²) in [5.41, 5.74) is 7.65. The van der Waals surface area contributed by atoms with Gasteiger partial charge in [-0.3, -0.25) is 0 Å². The first kappa shape index (κ1) is 15.1. The minimum Gasteiger partial charge on any atom is -0.454 e. The first-order valence-electron chi connectivity index (χ1n) is 7.59. The molecule has 25 heavy (non-hydrogen) atoms. The molecule has 7 heteroatoms. The van der Waals surface area contributed by atoms with Crippen LogP contribution in [-0.4, -0.2) is 19.7 Å². The number of aromatic nitrogens is 4. The van der Waals surface area contributed by atoms with E-state index in [4.69, 9.17) is 10.5 Å². The van der Waals surface area contributed by atoms with E-state index in [1.165, 1.54) is 12.4 Å². The van der Waals surface area contributed by atoms with Crippen LogP contribution in [-0.2, 0) is 7.05 Å². The Labute approximate surface area is 142 Å². The van der Waals surface area contributed by atoms with Gasteiger partial charge in [-0.05, 0) is 30.3 Å². The molecule has 0 fully saturated rings. The molecule has 0 saturated heterocycles. The minimum atomic E-state index is -0.490. The van der Waals surface area contributed by atoms with Crippen molar-refractivity contribution in [3.05, 3.63) is 60.7 Å². The van der Waals surface area contributed by atoms with Crippen LogP contribution in [0.2, 0.25) is 0 Å². The average Bonchev–Trinajstić information content (AvgIpc) is 2.96. The van der Waals surface area contributed by atoms with Crippen molar-refractivity contribution in [2.75, 3.05) is 5.73 Å². The number of nitrogens with two attached hydrogens (primary N) is 1. The fraction of sp³-hybridized carbons (Fsp3) is 0.0556. The summed E-state index contributed by atoms with van der Waals surface area (Å²) >= 11 is 0. The molecule has 0 atom stereocenters. The van der Waals surface area contributed by atoms with Gasteiger partial charge in [0.15, 0.2) is 17.2 Å². The number of fused-ring (bicyclic) bond motifs is 1. The number of hydrogen-bond donors (Lipinski definition) is 1. The number of hydrogen-bond acceptors (Lipinski definition) is 5. The van der Waals surface area contributed by atoms with Crippen LogP contribution in [0.4, 0.5) is 10.2 Å². The third kappa shape index (κ3) is 2.65. The fourth-order valence-corrected chi connectivity index (χ4v) is 2.66. The molecule has 2 aromatic heterocycles. The zero-order chi connectivity index (χ0) is 17.4. The van der Waals surface area contributed by atoms with E-state index >= 15 is 0 Å². The summed E-state index contributed by atoms with van der Waals surface area (Å²) < 4.78 is 21.7. The molecule has 0 aliphatic carbocycles. The topological polar surface area (TPSA) is 78.9 Å². The maximum atomic E-state index is 14.5. The lowest BCUT2D eigenvalue weighted by Gasteiger charge is -2.08. The lowest BCUT2D eigenvalue weighted by molar-refractivity contribution is 0.442. The molecule has 6 nitrogen and oxygen atoms in total. The van der Waals surface area contributed by atoms with Crippen molar-refractivity contribution in [1.29, 1.82) is 0 Å². The summed E-state index contributed by atoms with van der Waals surface area (Å²) in [4.78, 5) is 8.17. The van der Waals surface area contributed by atoms with Gasteiger partial charge in [0.25, 0.3) is 0 Å². The molecule has 2 heterocycles. The minimum absolute atomic E-state index is 0.138. The van der Waals surface area contributed by atoms with Crippen LogP contribution in [0.3, 0.4) is 0 Å². The molecule has 4 rings (SSSR count). The lowest BCUT2D eigenvalue weighted by atomic mass is 10.1. The second kappa shape index (κ2) is 5.86. The van der Waals surface area contributed by atoms with E-state index in [2.05, 4.69) is 15.1 Å². The van der Waals surface area contributed by atoms with Gasteiger partial charge in [-0.1, -0.05) is 18.2 Å². The first-order chi connectivity index (χ1) is 12.1. The van der Waals surface area contributed by atoms with Crippen molar-refractivity contribution in [3.8, 4) is 22.8 Å². The Morgan fingerprint density at radius 2 is 1.88 bits per heavy atom. The molecule has 0 amide bonds. The number of halogens is 1. The number of aryl methyl sites for hydroxylation is 1.